The van der Waals surface area contributed by atoms with Gasteiger partial charge in [-0.15, -0.1) is 0 Å². The van der Waals surface area contributed by atoms with E-state index in [1.807, 2.05) is 4.90 Å². The fourth-order valence-electron chi connectivity index (χ4n) is 4.26. The zero-order chi connectivity index (χ0) is 16.9. The van der Waals surface area contributed by atoms with Crippen LogP contribution in [0.5, 0.6) is 0 Å². The van der Waals surface area contributed by atoms with Gasteiger partial charge in [0, 0.05) is 32.1 Å². The Morgan fingerprint density at radius 3 is 2.04 bits per heavy atom. The van der Waals surface area contributed by atoms with Gasteiger partial charge in [-0.25, -0.2) is 0 Å². The van der Waals surface area contributed by atoms with Crippen molar-refractivity contribution in [2.24, 2.45) is 11.8 Å². The zero-order valence-electron chi connectivity index (χ0n) is 15.2. The molecule has 0 atom stereocenters. The average Bonchev–Trinajstić information content (AvgIpc) is 2.63. The van der Waals surface area contributed by atoms with Crippen LogP contribution in [0.25, 0.3) is 0 Å². The molecule has 2 amide bonds. The van der Waals surface area contributed by atoms with Gasteiger partial charge in [-0.05, 0) is 64.0 Å². The van der Waals surface area contributed by atoms with E-state index in [4.69, 9.17) is 0 Å². The number of rotatable bonds is 3. The molecule has 3 rings (SSSR count). The first-order valence-electron chi connectivity index (χ1n) is 9.92. The summed E-state index contributed by atoms with van der Waals surface area (Å²) in [5, 5.41) is 0. The van der Waals surface area contributed by atoms with Crippen LogP contribution in [0.2, 0.25) is 0 Å². The molecule has 3 heterocycles. The van der Waals surface area contributed by atoms with Gasteiger partial charge < -0.3 is 9.80 Å². The molecule has 136 valence electrons. The number of piperidine rings is 3. The predicted molar refractivity (Wildman–Crippen MR) is 94.6 cm³/mol. The highest BCUT2D eigenvalue weighted by Gasteiger charge is 2.30. The second-order valence-corrected chi connectivity index (χ2v) is 8.00. The molecule has 0 spiro atoms. The molecule has 0 bridgehead atoms. The summed E-state index contributed by atoms with van der Waals surface area (Å²) in [6.07, 6.45) is 7.69. The molecule has 3 aliphatic rings. The third-order valence-electron chi connectivity index (χ3n) is 6.10. The van der Waals surface area contributed by atoms with Crippen LogP contribution >= 0.6 is 0 Å². The molecule has 24 heavy (non-hydrogen) atoms. The van der Waals surface area contributed by atoms with Crippen LogP contribution in [0.1, 0.15) is 51.9 Å². The second kappa shape index (κ2) is 8.32. The van der Waals surface area contributed by atoms with Crippen LogP contribution < -0.4 is 0 Å². The number of carbonyl (C=O) groups excluding carboxylic acids is 2. The van der Waals surface area contributed by atoms with Crippen molar-refractivity contribution >= 4 is 11.8 Å². The summed E-state index contributed by atoms with van der Waals surface area (Å²) in [4.78, 5) is 31.4. The minimum Gasteiger partial charge on any atom is -0.342 e. The summed E-state index contributed by atoms with van der Waals surface area (Å²) < 4.78 is 0. The zero-order valence-corrected chi connectivity index (χ0v) is 15.2. The Kier molecular flexibility index (Phi) is 6.14. The van der Waals surface area contributed by atoms with Gasteiger partial charge in [0.2, 0.25) is 11.8 Å². The van der Waals surface area contributed by atoms with Gasteiger partial charge in [0.15, 0.2) is 0 Å². The van der Waals surface area contributed by atoms with Crippen molar-refractivity contribution in [1.82, 2.24) is 14.7 Å². The van der Waals surface area contributed by atoms with E-state index in [-0.39, 0.29) is 11.8 Å². The van der Waals surface area contributed by atoms with E-state index in [0.717, 1.165) is 83.7 Å². The number of likely N-dealkylation sites (tertiary alicyclic amines) is 3. The van der Waals surface area contributed by atoms with E-state index in [1.54, 1.807) is 0 Å². The van der Waals surface area contributed by atoms with Gasteiger partial charge >= 0.3 is 0 Å². The Morgan fingerprint density at radius 2 is 1.42 bits per heavy atom. The van der Waals surface area contributed by atoms with E-state index in [1.165, 1.54) is 6.42 Å². The van der Waals surface area contributed by atoms with E-state index >= 15 is 0 Å². The molecule has 0 aromatic heterocycles. The number of nitrogens with zero attached hydrogens (tertiary/aromatic N) is 3. The lowest BCUT2D eigenvalue weighted by Crippen LogP contribution is -2.48. The fourth-order valence-corrected chi connectivity index (χ4v) is 4.26. The predicted octanol–water partition coefficient (Wildman–Crippen LogP) is 1.97. The number of carbonyl (C=O) groups is 2. The molecule has 5 nitrogen and oxygen atoms in total. The van der Waals surface area contributed by atoms with Crippen LogP contribution in [0.3, 0.4) is 0 Å². The molecule has 5 heteroatoms. The molecule has 0 aromatic carbocycles. The maximum atomic E-state index is 12.6. The van der Waals surface area contributed by atoms with Crippen LogP contribution in [0.4, 0.5) is 0 Å². The van der Waals surface area contributed by atoms with Crippen LogP contribution in [0.15, 0.2) is 0 Å². The van der Waals surface area contributed by atoms with Crippen molar-refractivity contribution in [2.75, 3.05) is 45.8 Å². The van der Waals surface area contributed by atoms with Gasteiger partial charge in [0.25, 0.3) is 0 Å². The van der Waals surface area contributed by atoms with Crippen molar-refractivity contribution in [2.45, 2.75) is 51.9 Å². The van der Waals surface area contributed by atoms with Crippen molar-refractivity contribution in [3.63, 3.8) is 0 Å². The number of hydrogen-bond donors (Lipinski definition) is 0. The normalized spacial score (nSPS) is 25.0. The monoisotopic (exact) mass is 335 g/mol. The summed E-state index contributed by atoms with van der Waals surface area (Å²) >= 11 is 0. The first-order chi connectivity index (χ1) is 11.6. The van der Waals surface area contributed by atoms with Gasteiger partial charge in [-0.2, -0.15) is 0 Å². The minimum atomic E-state index is 0.185. The lowest BCUT2D eigenvalue weighted by Gasteiger charge is -2.36. The van der Waals surface area contributed by atoms with Gasteiger partial charge in [-0.1, -0.05) is 6.92 Å². The standard InChI is InChI=1S/C19H33N3O2/c1-16-5-13-21(14-6-16)18(23)15-20-11-7-17(8-12-20)19(24)22-9-3-2-4-10-22/h16-17H,2-15H2,1H3. The van der Waals surface area contributed by atoms with Crippen molar-refractivity contribution in [1.29, 1.82) is 0 Å². The molecule has 0 aliphatic carbocycles. The van der Waals surface area contributed by atoms with E-state index < -0.39 is 0 Å². The molecule has 3 fully saturated rings. The lowest BCUT2D eigenvalue weighted by atomic mass is 9.94. The molecule has 0 unspecified atom stereocenters. The van der Waals surface area contributed by atoms with Crippen molar-refractivity contribution < 1.29 is 9.59 Å². The topological polar surface area (TPSA) is 43.9 Å². The lowest BCUT2D eigenvalue weighted by molar-refractivity contribution is -0.138. The van der Waals surface area contributed by atoms with Crippen molar-refractivity contribution in [3.8, 4) is 0 Å². The van der Waals surface area contributed by atoms with E-state index in [2.05, 4.69) is 16.7 Å². The molecule has 0 N–H and O–H groups in total. The van der Waals surface area contributed by atoms with Crippen molar-refractivity contribution in [3.05, 3.63) is 0 Å². The Bertz CT molecular complexity index is 432. The summed E-state index contributed by atoms with van der Waals surface area (Å²) in [7, 11) is 0. The molecule has 0 aromatic rings. The maximum absolute atomic E-state index is 12.6. The molecule has 3 aliphatic heterocycles. The fraction of sp³-hybridized carbons (Fsp3) is 0.895. The molecule has 3 saturated heterocycles. The van der Waals surface area contributed by atoms with Crippen LogP contribution in [0, 0.1) is 11.8 Å². The molecular weight excluding hydrogens is 302 g/mol. The van der Waals surface area contributed by atoms with Gasteiger partial charge in [0.1, 0.15) is 0 Å². The first-order valence-corrected chi connectivity index (χ1v) is 9.92. The third kappa shape index (κ3) is 4.50. The number of hydrogen-bond acceptors (Lipinski definition) is 3. The Labute approximate surface area is 146 Å². The summed E-state index contributed by atoms with van der Waals surface area (Å²) in [5.41, 5.74) is 0. The van der Waals surface area contributed by atoms with Crippen LogP contribution in [-0.4, -0.2) is 72.3 Å². The highest BCUT2D eigenvalue weighted by molar-refractivity contribution is 5.79. The van der Waals surface area contributed by atoms with E-state index in [0.29, 0.717) is 12.5 Å². The summed E-state index contributed by atoms with van der Waals surface area (Å²) in [5.74, 6) is 1.59. The molecular formula is C19H33N3O2. The van der Waals surface area contributed by atoms with Gasteiger partial charge in [0.05, 0.1) is 6.54 Å². The number of amides is 2. The third-order valence-corrected chi connectivity index (χ3v) is 6.10. The Morgan fingerprint density at radius 1 is 0.792 bits per heavy atom. The smallest absolute Gasteiger partial charge is 0.236 e. The maximum Gasteiger partial charge on any atom is 0.236 e. The quantitative estimate of drug-likeness (QED) is 0.792. The Balaban J connectivity index is 1.40. The minimum absolute atomic E-state index is 0.185. The second-order valence-electron chi connectivity index (χ2n) is 8.00. The molecule has 0 saturated carbocycles. The highest BCUT2D eigenvalue weighted by Crippen LogP contribution is 2.22. The highest BCUT2D eigenvalue weighted by atomic mass is 16.2. The van der Waals surface area contributed by atoms with E-state index in [9.17, 15) is 9.59 Å². The average molecular weight is 335 g/mol. The SMILES string of the molecule is CC1CCN(C(=O)CN2CCC(C(=O)N3CCCCC3)CC2)CC1. The van der Waals surface area contributed by atoms with Crippen LogP contribution in [-0.2, 0) is 9.59 Å². The Hall–Kier alpha value is -1.10. The van der Waals surface area contributed by atoms with Gasteiger partial charge in [-0.3, -0.25) is 14.5 Å². The first kappa shape index (κ1) is 17.7. The summed E-state index contributed by atoms with van der Waals surface area (Å²) in [6, 6.07) is 0. The summed E-state index contributed by atoms with van der Waals surface area (Å²) in [6.45, 7) is 8.33. The largest absolute Gasteiger partial charge is 0.342 e. The molecule has 0 radical (unpaired) electrons.